The third kappa shape index (κ3) is 5.55. The molecule has 24 heavy (non-hydrogen) atoms. The average molecular weight is 334 g/mol. The van der Waals surface area contributed by atoms with Crippen LogP contribution >= 0.6 is 0 Å². The van der Waals surface area contributed by atoms with Gasteiger partial charge in [-0.2, -0.15) is 0 Å². The number of alkyl halides is 2. The maximum absolute atomic E-state index is 13.5. The fourth-order valence-electron chi connectivity index (χ4n) is 3.52. The summed E-state index contributed by atoms with van der Waals surface area (Å²) in [6.45, 7) is 7.70. The normalized spacial score (nSPS) is 22.3. The van der Waals surface area contributed by atoms with Gasteiger partial charge >= 0.3 is 0 Å². The van der Waals surface area contributed by atoms with Crippen molar-refractivity contribution >= 4 is 6.08 Å². The highest BCUT2D eigenvalue weighted by Crippen LogP contribution is 2.36. The summed E-state index contributed by atoms with van der Waals surface area (Å²) in [5, 5.41) is 0. The van der Waals surface area contributed by atoms with E-state index < -0.39 is 12.5 Å². The Hall–Kier alpha value is -1.48. The lowest BCUT2D eigenvalue weighted by atomic mass is 9.77. The van der Waals surface area contributed by atoms with Crippen LogP contribution in [-0.2, 0) is 11.3 Å². The second-order valence-electron chi connectivity index (χ2n) is 6.70. The molecule has 0 N–H and O–H groups in total. The van der Waals surface area contributed by atoms with E-state index in [1.165, 1.54) is 0 Å². The Morgan fingerprint density at radius 3 is 2.29 bits per heavy atom. The van der Waals surface area contributed by atoms with Gasteiger partial charge < -0.3 is 4.74 Å². The molecular formula is C21H28F2O. The molecular weight excluding hydrogens is 306 g/mol. The molecule has 0 spiro atoms. The third-order valence-corrected chi connectivity index (χ3v) is 5.04. The lowest BCUT2D eigenvalue weighted by Crippen LogP contribution is -2.34. The second kappa shape index (κ2) is 9.73. The fraction of sp³-hybridized carbons (Fsp3) is 0.524. The summed E-state index contributed by atoms with van der Waals surface area (Å²) in [7, 11) is 0. The summed E-state index contributed by atoms with van der Waals surface area (Å²) in [5.74, 6) is 0.626. The molecule has 3 heteroatoms. The van der Waals surface area contributed by atoms with Gasteiger partial charge in [-0.25, -0.2) is 8.78 Å². The number of hydrogen-bond donors (Lipinski definition) is 0. The van der Waals surface area contributed by atoms with Gasteiger partial charge in [-0.05, 0) is 48.6 Å². The van der Waals surface area contributed by atoms with Gasteiger partial charge in [0, 0.05) is 0 Å². The van der Waals surface area contributed by atoms with Crippen molar-refractivity contribution in [2.45, 2.75) is 57.7 Å². The van der Waals surface area contributed by atoms with Gasteiger partial charge in [-0.1, -0.05) is 55.8 Å². The molecule has 1 aliphatic carbocycles. The number of allylic oxidation sites excluding steroid dienone is 1. The van der Waals surface area contributed by atoms with Crippen LogP contribution in [0.1, 0.15) is 49.7 Å². The van der Waals surface area contributed by atoms with E-state index in [1.807, 2.05) is 30.3 Å². The van der Waals surface area contributed by atoms with E-state index in [0.717, 1.165) is 49.7 Å². The first-order valence-electron chi connectivity index (χ1n) is 8.86. The summed E-state index contributed by atoms with van der Waals surface area (Å²) >= 11 is 0. The zero-order valence-electron chi connectivity index (χ0n) is 14.3. The summed E-state index contributed by atoms with van der Waals surface area (Å²) in [5.41, 5.74) is 1.94. The minimum atomic E-state index is -2.42. The predicted molar refractivity (Wildman–Crippen MR) is 96.0 cm³/mol. The van der Waals surface area contributed by atoms with Crippen molar-refractivity contribution in [3.63, 3.8) is 0 Å². The van der Waals surface area contributed by atoms with Crippen molar-refractivity contribution in [1.82, 2.24) is 0 Å². The molecule has 0 amide bonds. The maximum Gasteiger partial charge on any atom is 0.264 e. The molecule has 1 nitrogen and oxygen atoms in total. The van der Waals surface area contributed by atoms with E-state index in [-0.39, 0.29) is 12.5 Å². The predicted octanol–water partition coefficient (Wildman–Crippen LogP) is 6.25. The van der Waals surface area contributed by atoms with Crippen LogP contribution in [0.3, 0.4) is 0 Å². The van der Waals surface area contributed by atoms with Crippen LogP contribution < -0.4 is 0 Å². The van der Waals surface area contributed by atoms with Crippen LogP contribution in [0.4, 0.5) is 8.78 Å². The summed E-state index contributed by atoms with van der Waals surface area (Å²) in [6.07, 6.45) is 6.20. The van der Waals surface area contributed by atoms with E-state index in [9.17, 15) is 8.78 Å². The van der Waals surface area contributed by atoms with Crippen LogP contribution in [0, 0.1) is 11.8 Å². The fourth-order valence-corrected chi connectivity index (χ4v) is 3.52. The molecule has 0 aromatic heterocycles. The topological polar surface area (TPSA) is 9.23 Å². The van der Waals surface area contributed by atoms with Crippen molar-refractivity contribution in [2.24, 2.45) is 11.8 Å². The average Bonchev–Trinajstić information content (AvgIpc) is 2.61. The molecule has 1 saturated carbocycles. The van der Waals surface area contributed by atoms with Gasteiger partial charge in [0.15, 0.2) is 0 Å². The van der Waals surface area contributed by atoms with Gasteiger partial charge in [0.25, 0.3) is 6.43 Å². The molecule has 0 radical (unpaired) electrons. The zero-order valence-corrected chi connectivity index (χ0v) is 14.3. The van der Waals surface area contributed by atoms with Gasteiger partial charge in [0.1, 0.15) is 6.10 Å². The first-order chi connectivity index (χ1) is 11.6. The quantitative estimate of drug-likeness (QED) is 0.485. The Morgan fingerprint density at radius 2 is 1.75 bits per heavy atom. The molecule has 2 rings (SSSR count). The Bertz CT molecular complexity index is 501. The van der Waals surface area contributed by atoms with Crippen LogP contribution in [0.25, 0.3) is 6.08 Å². The molecule has 1 aromatic rings. The summed E-state index contributed by atoms with van der Waals surface area (Å²) in [4.78, 5) is 0. The van der Waals surface area contributed by atoms with Crippen LogP contribution in [0.15, 0.2) is 43.5 Å². The Labute approximate surface area is 144 Å². The molecule has 0 saturated heterocycles. The molecule has 0 aliphatic heterocycles. The Kier molecular flexibility index (Phi) is 7.64. The van der Waals surface area contributed by atoms with E-state index in [2.05, 4.69) is 13.2 Å². The summed E-state index contributed by atoms with van der Waals surface area (Å²) < 4.78 is 32.5. The number of benzene rings is 1. The van der Waals surface area contributed by atoms with Crippen molar-refractivity contribution in [3.8, 4) is 0 Å². The number of hydrogen-bond acceptors (Lipinski definition) is 1. The van der Waals surface area contributed by atoms with Gasteiger partial charge in [-0.15, -0.1) is 6.58 Å². The molecule has 1 unspecified atom stereocenters. The first kappa shape index (κ1) is 18.9. The lowest BCUT2D eigenvalue weighted by molar-refractivity contribution is -0.102. The van der Waals surface area contributed by atoms with Gasteiger partial charge in [0.05, 0.1) is 6.61 Å². The number of halogens is 2. The Balaban J connectivity index is 1.85. The van der Waals surface area contributed by atoms with E-state index >= 15 is 0 Å². The van der Waals surface area contributed by atoms with Crippen molar-refractivity contribution in [2.75, 3.05) is 0 Å². The second-order valence-corrected chi connectivity index (χ2v) is 6.70. The SMILES string of the molecule is C=CCCC1CCC(C(OCc2ccc(C=C)cc2)C(F)F)CC1. The standard InChI is InChI=1S/C21H28F2O/c1-3-5-6-17-11-13-19(14-12-17)20(21(22)23)24-15-18-9-7-16(4-2)8-10-18/h3-4,7-10,17,19-21H,1-2,5-6,11-15H2. The molecule has 0 bridgehead atoms. The molecule has 132 valence electrons. The van der Waals surface area contributed by atoms with Crippen molar-refractivity contribution in [3.05, 3.63) is 54.6 Å². The zero-order chi connectivity index (χ0) is 17.4. The molecule has 1 aromatic carbocycles. The van der Waals surface area contributed by atoms with Crippen LogP contribution in [0.5, 0.6) is 0 Å². The number of rotatable bonds is 9. The first-order valence-corrected chi connectivity index (χ1v) is 8.86. The van der Waals surface area contributed by atoms with E-state index in [1.54, 1.807) is 6.08 Å². The highest BCUT2D eigenvalue weighted by atomic mass is 19.3. The van der Waals surface area contributed by atoms with E-state index in [0.29, 0.717) is 5.92 Å². The highest BCUT2D eigenvalue weighted by Gasteiger charge is 2.33. The third-order valence-electron chi connectivity index (χ3n) is 5.04. The van der Waals surface area contributed by atoms with Gasteiger partial charge in [0.2, 0.25) is 0 Å². The van der Waals surface area contributed by atoms with Crippen molar-refractivity contribution < 1.29 is 13.5 Å². The highest BCUT2D eigenvalue weighted by molar-refractivity contribution is 5.47. The van der Waals surface area contributed by atoms with Gasteiger partial charge in [-0.3, -0.25) is 0 Å². The minimum Gasteiger partial charge on any atom is -0.367 e. The molecule has 1 fully saturated rings. The van der Waals surface area contributed by atoms with Crippen LogP contribution in [0.2, 0.25) is 0 Å². The molecule has 1 aliphatic rings. The molecule has 1 atom stereocenters. The maximum atomic E-state index is 13.5. The Morgan fingerprint density at radius 1 is 1.08 bits per heavy atom. The molecule has 0 heterocycles. The minimum absolute atomic E-state index is 0.0302. The van der Waals surface area contributed by atoms with Crippen LogP contribution in [-0.4, -0.2) is 12.5 Å². The monoisotopic (exact) mass is 334 g/mol. The van der Waals surface area contributed by atoms with Crippen molar-refractivity contribution in [1.29, 1.82) is 0 Å². The number of ether oxygens (including phenoxy) is 1. The largest absolute Gasteiger partial charge is 0.367 e. The van der Waals surface area contributed by atoms with E-state index in [4.69, 9.17) is 4.74 Å². The lowest BCUT2D eigenvalue weighted by Gasteiger charge is -2.33. The summed E-state index contributed by atoms with van der Waals surface area (Å²) in [6, 6.07) is 7.67. The smallest absolute Gasteiger partial charge is 0.264 e.